The zero-order valence-corrected chi connectivity index (χ0v) is 11.5. The molecular weight excluding hydrogens is 289 g/mol. The molecule has 0 radical (unpaired) electrons. The van der Waals surface area contributed by atoms with E-state index >= 15 is 0 Å². The normalized spacial score (nSPS) is 13.0. The first-order valence-electron chi connectivity index (χ1n) is 6.14. The van der Waals surface area contributed by atoms with Gasteiger partial charge in [-0.1, -0.05) is 19.9 Å². The molecule has 0 aromatic carbocycles. The van der Waals surface area contributed by atoms with Gasteiger partial charge in [0.15, 0.2) is 0 Å². The third kappa shape index (κ3) is 4.44. The summed E-state index contributed by atoms with van der Waals surface area (Å²) in [4.78, 5) is 26.8. The number of carbonyl (C=O) groups excluding carboxylic acids is 1. The lowest BCUT2D eigenvalue weighted by atomic mass is 10.0. The van der Waals surface area contributed by atoms with Gasteiger partial charge in [-0.3, -0.25) is 9.78 Å². The van der Waals surface area contributed by atoms with Gasteiger partial charge in [-0.15, -0.1) is 0 Å². The molecular formula is C13H15F3N2O3. The van der Waals surface area contributed by atoms with Gasteiger partial charge < -0.3 is 10.0 Å². The summed E-state index contributed by atoms with van der Waals surface area (Å²) in [5, 5.41) is 9.13. The second kappa shape index (κ2) is 6.55. The number of hydrogen-bond acceptors (Lipinski definition) is 3. The fourth-order valence-corrected chi connectivity index (χ4v) is 1.93. The maximum absolute atomic E-state index is 12.7. The molecule has 0 aliphatic heterocycles. The van der Waals surface area contributed by atoms with Crippen molar-refractivity contribution in [2.24, 2.45) is 5.92 Å². The lowest BCUT2D eigenvalue weighted by Gasteiger charge is -2.31. The van der Waals surface area contributed by atoms with Gasteiger partial charge in [0.25, 0.3) is 0 Å². The van der Waals surface area contributed by atoms with Gasteiger partial charge in [0, 0.05) is 18.9 Å². The molecule has 1 amide bonds. The van der Waals surface area contributed by atoms with Crippen LogP contribution < -0.4 is 0 Å². The van der Waals surface area contributed by atoms with Crippen LogP contribution >= 0.6 is 0 Å². The minimum Gasteiger partial charge on any atom is -0.480 e. The summed E-state index contributed by atoms with van der Waals surface area (Å²) in [5.74, 6) is -4.33. The molecule has 21 heavy (non-hydrogen) atoms. The van der Waals surface area contributed by atoms with Crippen molar-refractivity contribution in [3.05, 3.63) is 30.1 Å². The highest BCUT2D eigenvalue weighted by molar-refractivity contribution is 5.87. The largest absolute Gasteiger partial charge is 0.480 e. The van der Waals surface area contributed by atoms with Crippen molar-refractivity contribution >= 4 is 11.9 Å². The number of pyridine rings is 1. The van der Waals surface area contributed by atoms with E-state index < -0.39 is 36.6 Å². The Labute approximate surface area is 119 Å². The van der Waals surface area contributed by atoms with Crippen molar-refractivity contribution in [1.29, 1.82) is 0 Å². The molecule has 8 heteroatoms. The van der Waals surface area contributed by atoms with Gasteiger partial charge in [0.1, 0.15) is 6.04 Å². The van der Waals surface area contributed by atoms with Crippen LogP contribution in [-0.2, 0) is 16.1 Å². The second-order valence-electron chi connectivity index (χ2n) is 4.82. The van der Waals surface area contributed by atoms with Crippen LogP contribution in [0.3, 0.4) is 0 Å². The van der Waals surface area contributed by atoms with E-state index in [0.29, 0.717) is 10.5 Å². The molecule has 1 unspecified atom stereocenters. The summed E-state index contributed by atoms with van der Waals surface area (Å²) < 4.78 is 38.1. The Morgan fingerprint density at radius 2 is 2.00 bits per heavy atom. The molecule has 1 heterocycles. The van der Waals surface area contributed by atoms with Gasteiger partial charge in [-0.2, -0.15) is 13.2 Å². The Bertz CT molecular complexity index is 503. The van der Waals surface area contributed by atoms with Gasteiger partial charge in [-0.25, -0.2) is 4.79 Å². The number of alkyl halides is 3. The van der Waals surface area contributed by atoms with Crippen LogP contribution in [0.15, 0.2) is 24.5 Å². The summed E-state index contributed by atoms with van der Waals surface area (Å²) in [6.45, 7) is 2.42. The van der Waals surface area contributed by atoms with Crippen molar-refractivity contribution in [3.8, 4) is 0 Å². The SMILES string of the molecule is CC(C)C(C(=O)O)N(Cc1cccnc1)C(=O)C(F)(F)F. The van der Waals surface area contributed by atoms with Crippen molar-refractivity contribution in [3.63, 3.8) is 0 Å². The van der Waals surface area contributed by atoms with Crippen LogP contribution in [0.5, 0.6) is 0 Å². The first-order chi connectivity index (χ1) is 9.64. The fourth-order valence-electron chi connectivity index (χ4n) is 1.93. The average Bonchev–Trinajstić information content (AvgIpc) is 2.36. The van der Waals surface area contributed by atoms with E-state index in [4.69, 9.17) is 5.11 Å². The number of carboxylic acid groups (broad SMARTS) is 1. The molecule has 5 nitrogen and oxygen atoms in total. The van der Waals surface area contributed by atoms with E-state index in [0.717, 1.165) is 0 Å². The Kier molecular flexibility index (Phi) is 5.28. The molecule has 0 aliphatic carbocycles. The highest BCUT2D eigenvalue weighted by Gasteiger charge is 2.46. The molecule has 1 atom stereocenters. The van der Waals surface area contributed by atoms with Gasteiger partial charge in [0.2, 0.25) is 0 Å². The Hall–Kier alpha value is -2.12. The van der Waals surface area contributed by atoms with E-state index in [1.165, 1.54) is 38.4 Å². The highest BCUT2D eigenvalue weighted by atomic mass is 19.4. The first-order valence-corrected chi connectivity index (χ1v) is 6.14. The van der Waals surface area contributed by atoms with E-state index in [2.05, 4.69) is 4.98 Å². The first kappa shape index (κ1) is 16.9. The van der Waals surface area contributed by atoms with E-state index in [9.17, 15) is 22.8 Å². The van der Waals surface area contributed by atoms with E-state index in [-0.39, 0.29) is 0 Å². The van der Waals surface area contributed by atoms with Crippen LogP contribution in [0.2, 0.25) is 0 Å². The quantitative estimate of drug-likeness (QED) is 0.904. The summed E-state index contributed by atoms with van der Waals surface area (Å²) in [5.41, 5.74) is 0.321. The molecule has 0 spiro atoms. The highest BCUT2D eigenvalue weighted by Crippen LogP contribution is 2.24. The predicted octanol–water partition coefficient (Wildman–Crippen LogP) is 2.08. The van der Waals surface area contributed by atoms with Crippen molar-refractivity contribution in [2.75, 3.05) is 0 Å². The summed E-state index contributed by atoms with van der Waals surface area (Å²) in [6.07, 6.45) is -2.42. The molecule has 0 bridgehead atoms. The Morgan fingerprint density at radius 3 is 2.38 bits per heavy atom. The third-order valence-corrected chi connectivity index (χ3v) is 2.80. The van der Waals surface area contributed by atoms with Crippen molar-refractivity contribution in [1.82, 2.24) is 9.88 Å². The van der Waals surface area contributed by atoms with E-state index in [1.54, 1.807) is 0 Å². The Balaban J connectivity index is 3.16. The zero-order chi connectivity index (χ0) is 16.2. The molecule has 1 N–H and O–H groups in total. The number of aliphatic carboxylic acids is 1. The van der Waals surface area contributed by atoms with Crippen LogP contribution in [0.1, 0.15) is 19.4 Å². The van der Waals surface area contributed by atoms with Crippen LogP contribution in [0.4, 0.5) is 13.2 Å². The van der Waals surface area contributed by atoms with E-state index in [1.807, 2.05) is 0 Å². The maximum Gasteiger partial charge on any atom is 0.471 e. The summed E-state index contributed by atoms with van der Waals surface area (Å²) in [6, 6.07) is 1.40. The van der Waals surface area contributed by atoms with Crippen molar-refractivity contribution in [2.45, 2.75) is 32.6 Å². The number of aromatic nitrogens is 1. The molecule has 0 fully saturated rings. The monoisotopic (exact) mass is 304 g/mol. The zero-order valence-electron chi connectivity index (χ0n) is 11.5. The number of nitrogens with zero attached hydrogens (tertiary/aromatic N) is 2. The van der Waals surface area contributed by atoms with Crippen LogP contribution in [-0.4, -0.2) is 39.1 Å². The number of amides is 1. The van der Waals surface area contributed by atoms with Crippen molar-refractivity contribution < 1.29 is 27.9 Å². The molecule has 1 aromatic heterocycles. The molecule has 116 valence electrons. The second-order valence-corrected chi connectivity index (χ2v) is 4.82. The number of hydrogen-bond donors (Lipinski definition) is 1. The number of carbonyl (C=O) groups is 2. The number of carboxylic acids is 1. The predicted molar refractivity (Wildman–Crippen MR) is 67.1 cm³/mol. The third-order valence-electron chi connectivity index (χ3n) is 2.80. The van der Waals surface area contributed by atoms with Crippen LogP contribution in [0.25, 0.3) is 0 Å². The fraction of sp³-hybridized carbons (Fsp3) is 0.462. The molecule has 0 saturated heterocycles. The Morgan fingerprint density at radius 1 is 1.38 bits per heavy atom. The smallest absolute Gasteiger partial charge is 0.471 e. The molecule has 0 saturated carbocycles. The lowest BCUT2D eigenvalue weighted by Crippen LogP contribution is -2.52. The molecule has 0 aliphatic rings. The molecule has 1 rings (SSSR count). The van der Waals surface area contributed by atoms with Crippen LogP contribution in [0, 0.1) is 5.92 Å². The topological polar surface area (TPSA) is 70.5 Å². The minimum absolute atomic E-state index is 0.321. The lowest BCUT2D eigenvalue weighted by molar-refractivity contribution is -0.191. The average molecular weight is 304 g/mol. The number of rotatable bonds is 5. The summed E-state index contributed by atoms with van der Waals surface area (Å²) >= 11 is 0. The molecule has 1 aromatic rings. The van der Waals surface area contributed by atoms with Gasteiger partial charge in [-0.05, 0) is 17.5 Å². The minimum atomic E-state index is -5.13. The summed E-state index contributed by atoms with van der Waals surface area (Å²) in [7, 11) is 0. The number of halogens is 3. The van der Waals surface area contributed by atoms with Gasteiger partial charge >= 0.3 is 18.1 Å². The van der Waals surface area contributed by atoms with Gasteiger partial charge in [0.05, 0.1) is 0 Å². The standard InChI is InChI=1S/C13H15F3N2O3/c1-8(2)10(11(19)20)18(12(21)13(14,15)16)7-9-4-3-5-17-6-9/h3-6,8,10H,7H2,1-2H3,(H,19,20). The maximum atomic E-state index is 12.7.